The van der Waals surface area contributed by atoms with Gasteiger partial charge in [0.1, 0.15) is 0 Å². The summed E-state index contributed by atoms with van der Waals surface area (Å²) >= 11 is 6.43. The number of hydrogen-bond acceptors (Lipinski definition) is 3. The van der Waals surface area contributed by atoms with Crippen molar-refractivity contribution in [1.82, 2.24) is 10.2 Å². The van der Waals surface area contributed by atoms with Gasteiger partial charge in [-0.2, -0.15) is 0 Å². The van der Waals surface area contributed by atoms with Crippen molar-refractivity contribution < 1.29 is 9.53 Å². The van der Waals surface area contributed by atoms with Crippen LogP contribution in [0.5, 0.6) is 0 Å². The van der Waals surface area contributed by atoms with E-state index in [9.17, 15) is 4.79 Å². The van der Waals surface area contributed by atoms with Gasteiger partial charge in [0.05, 0.1) is 25.7 Å². The van der Waals surface area contributed by atoms with Crippen LogP contribution in [0.15, 0.2) is 48.5 Å². The van der Waals surface area contributed by atoms with E-state index in [0.29, 0.717) is 26.2 Å². The van der Waals surface area contributed by atoms with Gasteiger partial charge < -0.3 is 10.1 Å². The van der Waals surface area contributed by atoms with Crippen LogP contribution in [0.1, 0.15) is 22.7 Å². The summed E-state index contributed by atoms with van der Waals surface area (Å²) in [6.45, 7) is 5.67. The zero-order chi connectivity index (χ0) is 18.4. The molecule has 0 aliphatic carbocycles. The highest BCUT2D eigenvalue weighted by Crippen LogP contribution is 2.27. The van der Waals surface area contributed by atoms with Crippen LogP contribution in [-0.4, -0.2) is 43.7 Å². The summed E-state index contributed by atoms with van der Waals surface area (Å²) < 4.78 is 5.47. The van der Waals surface area contributed by atoms with E-state index in [2.05, 4.69) is 10.2 Å². The van der Waals surface area contributed by atoms with Crippen molar-refractivity contribution in [2.75, 3.05) is 32.8 Å². The molecule has 1 heterocycles. The first-order valence-electron chi connectivity index (χ1n) is 9.02. The smallest absolute Gasteiger partial charge is 0.224 e. The van der Waals surface area contributed by atoms with Gasteiger partial charge >= 0.3 is 0 Å². The summed E-state index contributed by atoms with van der Waals surface area (Å²) in [6.07, 6.45) is 0.388. The molecule has 1 saturated heterocycles. The quantitative estimate of drug-likeness (QED) is 0.845. The Morgan fingerprint density at radius 1 is 1.15 bits per heavy atom. The molecule has 0 bridgehead atoms. The van der Waals surface area contributed by atoms with Crippen molar-refractivity contribution in [3.8, 4) is 0 Å². The Balaban J connectivity index is 1.66. The number of morpholine rings is 1. The van der Waals surface area contributed by atoms with Crippen molar-refractivity contribution in [2.24, 2.45) is 0 Å². The molecule has 0 radical (unpaired) electrons. The van der Waals surface area contributed by atoms with Crippen LogP contribution in [0.25, 0.3) is 0 Å². The third kappa shape index (κ3) is 5.07. The van der Waals surface area contributed by atoms with E-state index in [1.165, 1.54) is 5.56 Å². The number of hydrogen-bond donors (Lipinski definition) is 1. The molecule has 1 aliphatic heterocycles. The fraction of sp³-hybridized carbons (Fsp3) is 0.381. The number of rotatable bonds is 6. The lowest BCUT2D eigenvalue weighted by Gasteiger charge is -2.35. The lowest BCUT2D eigenvalue weighted by atomic mass is 10.0. The van der Waals surface area contributed by atoms with Gasteiger partial charge in [0.25, 0.3) is 0 Å². The Morgan fingerprint density at radius 3 is 2.54 bits per heavy atom. The largest absolute Gasteiger partial charge is 0.379 e. The highest BCUT2D eigenvalue weighted by molar-refractivity contribution is 6.31. The lowest BCUT2D eigenvalue weighted by molar-refractivity contribution is -0.120. The second-order valence-corrected chi connectivity index (χ2v) is 7.06. The summed E-state index contributed by atoms with van der Waals surface area (Å²) in [5.74, 6) is 0.0270. The molecule has 0 saturated carbocycles. The summed E-state index contributed by atoms with van der Waals surface area (Å²) in [4.78, 5) is 14.7. The number of halogens is 1. The Bertz CT molecular complexity index is 727. The maximum absolute atomic E-state index is 12.4. The number of nitrogens with zero attached hydrogens (tertiary/aromatic N) is 1. The van der Waals surface area contributed by atoms with E-state index >= 15 is 0 Å². The Morgan fingerprint density at radius 2 is 1.85 bits per heavy atom. The summed E-state index contributed by atoms with van der Waals surface area (Å²) in [5, 5.41) is 3.82. The highest BCUT2D eigenvalue weighted by atomic mass is 35.5. The molecule has 1 atom stereocenters. The lowest BCUT2D eigenvalue weighted by Crippen LogP contribution is -2.44. The monoisotopic (exact) mass is 372 g/mol. The minimum atomic E-state index is 0.0270. The van der Waals surface area contributed by atoms with Crippen molar-refractivity contribution in [3.63, 3.8) is 0 Å². The predicted molar refractivity (Wildman–Crippen MR) is 104 cm³/mol. The van der Waals surface area contributed by atoms with Gasteiger partial charge in [-0.05, 0) is 24.1 Å². The fourth-order valence-electron chi connectivity index (χ4n) is 3.23. The van der Waals surface area contributed by atoms with E-state index in [4.69, 9.17) is 16.3 Å². The highest BCUT2D eigenvalue weighted by Gasteiger charge is 2.24. The van der Waals surface area contributed by atoms with Gasteiger partial charge in [0.2, 0.25) is 5.91 Å². The topological polar surface area (TPSA) is 41.6 Å². The first-order chi connectivity index (χ1) is 12.6. The predicted octanol–water partition coefficient (Wildman–Crippen LogP) is 3.38. The van der Waals surface area contributed by atoms with Gasteiger partial charge in [-0.25, -0.2) is 0 Å². The minimum absolute atomic E-state index is 0.0270. The van der Waals surface area contributed by atoms with Gasteiger partial charge in [0.15, 0.2) is 0 Å². The molecule has 0 spiro atoms. The van der Waals surface area contributed by atoms with Crippen LogP contribution in [0.2, 0.25) is 5.02 Å². The van der Waals surface area contributed by atoms with Crippen molar-refractivity contribution >= 4 is 17.5 Å². The van der Waals surface area contributed by atoms with E-state index in [-0.39, 0.29) is 11.9 Å². The van der Waals surface area contributed by atoms with E-state index in [1.54, 1.807) is 0 Å². The van der Waals surface area contributed by atoms with Crippen molar-refractivity contribution in [1.29, 1.82) is 0 Å². The van der Waals surface area contributed by atoms with Crippen LogP contribution < -0.4 is 5.32 Å². The molecule has 2 aromatic carbocycles. The molecular weight excluding hydrogens is 348 g/mol. The number of aryl methyl sites for hydroxylation is 1. The van der Waals surface area contributed by atoms with Crippen molar-refractivity contribution in [3.05, 3.63) is 70.2 Å². The summed E-state index contributed by atoms with van der Waals surface area (Å²) in [7, 11) is 0. The van der Waals surface area contributed by atoms with Crippen LogP contribution >= 0.6 is 11.6 Å². The molecule has 3 rings (SSSR count). The molecule has 1 aliphatic rings. The maximum Gasteiger partial charge on any atom is 0.224 e. The fourth-order valence-corrected chi connectivity index (χ4v) is 3.50. The molecule has 138 valence electrons. The summed E-state index contributed by atoms with van der Waals surface area (Å²) in [5.41, 5.74) is 3.26. The zero-order valence-electron chi connectivity index (χ0n) is 15.1. The number of amides is 1. The van der Waals surface area contributed by atoms with Gasteiger partial charge in [-0.3, -0.25) is 9.69 Å². The second kappa shape index (κ2) is 9.17. The third-order valence-corrected chi connectivity index (χ3v) is 5.07. The van der Waals surface area contributed by atoms with Crippen LogP contribution in [0, 0.1) is 6.92 Å². The normalized spacial score (nSPS) is 16.2. The van der Waals surface area contributed by atoms with Crippen LogP contribution in [0.3, 0.4) is 0 Å². The van der Waals surface area contributed by atoms with E-state index in [0.717, 1.165) is 29.2 Å². The van der Waals surface area contributed by atoms with Crippen LogP contribution in [0.4, 0.5) is 0 Å². The van der Waals surface area contributed by atoms with Gasteiger partial charge in [0, 0.05) is 24.7 Å². The average Bonchev–Trinajstić information content (AvgIpc) is 2.66. The number of nitrogens with one attached hydrogen (secondary N) is 1. The number of benzene rings is 2. The standard InChI is InChI=1S/C21H25ClN2O2/c1-16-6-8-17(9-7-16)14-21(25)23-15-20(24-10-12-26-13-11-24)18-4-2-3-5-19(18)22/h2-9,20H,10-15H2,1H3,(H,23,25)/t20-/m1/s1. The molecular formula is C21H25ClN2O2. The molecule has 0 aromatic heterocycles. The Hall–Kier alpha value is -1.88. The van der Waals surface area contributed by atoms with E-state index in [1.807, 2.05) is 55.5 Å². The molecule has 5 heteroatoms. The molecule has 1 amide bonds. The summed E-state index contributed by atoms with van der Waals surface area (Å²) in [6, 6.07) is 16.0. The van der Waals surface area contributed by atoms with Gasteiger partial charge in [-0.1, -0.05) is 59.6 Å². The van der Waals surface area contributed by atoms with Gasteiger partial charge in [-0.15, -0.1) is 0 Å². The average molecular weight is 373 g/mol. The third-order valence-electron chi connectivity index (χ3n) is 4.73. The first-order valence-corrected chi connectivity index (χ1v) is 9.40. The SMILES string of the molecule is Cc1ccc(CC(=O)NC[C@H](c2ccccc2Cl)N2CCOCC2)cc1. The molecule has 2 aromatic rings. The van der Waals surface area contributed by atoms with Crippen LogP contribution in [-0.2, 0) is 16.0 Å². The Kier molecular flexibility index (Phi) is 6.67. The number of carbonyl (C=O) groups excluding carboxylic acids is 1. The Labute approximate surface area is 160 Å². The molecule has 4 nitrogen and oxygen atoms in total. The molecule has 26 heavy (non-hydrogen) atoms. The van der Waals surface area contributed by atoms with Crippen molar-refractivity contribution in [2.45, 2.75) is 19.4 Å². The second-order valence-electron chi connectivity index (χ2n) is 6.65. The number of carbonyl (C=O) groups is 1. The maximum atomic E-state index is 12.4. The van der Waals surface area contributed by atoms with E-state index < -0.39 is 0 Å². The molecule has 0 unspecified atom stereocenters. The minimum Gasteiger partial charge on any atom is -0.379 e. The molecule has 1 fully saturated rings. The zero-order valence-corrected chi connectivity index (χ0v) is 15.8. The molecule has 1 N–H and O–H groups in total. The number of ether oxygens (including phenoxy) is 1. The first kappa shape index (κ1) is 18.9.